The highest BCUT2D eigenvalue weighted by Crippen LogP contribution is 2.27. The monoisotopic (exact) mass is 519 g/mol. The van der Waals surface area contributed by atoms with E-state index >= 15 is 0 Å². The number of anilines is 1. The van der Waals surface area contributed by atoms with Gasteiger partial charge in [-0.1, -0.05) is 61.5 Å². The maximum Gasteiger partial charge on any atom is 0.335 e. The number of ether oxygens (including phenoxy) is 1. The number of rotatable bonds is 9. The van der Waals surface area contributed by atoms with E-state index in [2.05, 4.69) is 11.9 Å². The summed E-state index contributed by atoms with van der Waals surface area (Å²) >= 11 is 0. The van der Waals surface area contributed by atoms with Gasteiger partial charge in [0.1, 0.15) is 17.9 Å². The largest absolute Gasteiger partial charge is 0.491 e. The zero-order valence-corrected chi connectivity index (χ0v) is 21.7. The van der Waals surface area contributed by atoms with Crippen LogP contribution in [0.5, 0.6) is 5.75 Å². The van der Waals surface area contributed by atoms with Crippen molar-refractivity contribution in [2.24, 2.45) is 0 Å². The van der Waals surface area contributed by atoms with Gasteiger partial charge in [-0.3, -0.25) is 14.9 Å². The minimum Gasteiger partial charge on any atom is -0.491 e. The van der Waals surface area contributed by atoms with Crippen molar-refractivity contribution >= 4 is 40.5 Å². The second kappa shape index (κ2) is 11.2. The molecule has 5 rings (SSSR count). The minimum absolute atomic E-state index is 0.105. The number of benzene rings is 3. The molecule has 3 aromatic carbocycles. The van der Waals surface area contributed by atoms with Crippen LogP contribution in [-0.4, -0.2) is 29.0 Å². The van der Waals surface area contributed by atoms with Gasteiger partial charge in [-0.25, -0.2) is 9.69 Å². The quantitative estimate of drug-likeness (QED) is 0.175. The minimum atomic E-state index is -0.761. The van der Waals surface area contributed by atoms with Gasteiger partial charge in [0, 0.05) is 22.7 Å². The molecular formula is C32H29N3O4. The molecule has 1 aliphatic heterocycles. The number of barbiturate groups is 1. The van der Waals surface area contributed by atoms with Crippen molar-refractivity contribution in [2.45, 2.75) is 26.3 Å². The van der Waals surface area contributed by atoms with Crippen LogP contribution >= 0.6 is 0 Å². The molecule has 0 aliphatic carbocycles. The van der Waals surface area contributed by atoms with Crippen molar-refractivity contribution in [3.63, 3.8) is 0 Å². The number of amides is 4. The number of nitrogens with one attached hydrogen (secondary N) is 1. The number of allylic oxidation sites excluding steroid dienone is 1. The number of aryl methyl sites for hydroxylation is 1. The van der Waals surface area contributed by atoms with Crippen molar-refractivity contribution in [2.75, 3.05) is 11.5 Å². The summed E-state index contributed by atoms with van der Waals surface area (Å²) in [5.41, 5.74) is 4.10. The van der Waals surface area contributed by atoms with E-state index in [1.807, 2.05) is 84.4 Å². The van der Waals surface area contributed by atoms with Gasteiger partial charge >= 0.3 is 6.03 Å². The second-order valence-electron chi connectivity index (χ2n) is 9.22. The standard InChI is InChI=1S/C32H29N3O4/c1-3-9-23-10-5-8-13-29(23)39-19-18-34-21-24(26-11-6-7-12-28(26)34)20-27-30(36)33-32(38)35(31(27)37)25-16-14-22(4-2)15-17-25/h3,5-8,10-17,20-21H,1,4,9,18-19H2,2H3,(H,33,36,38). The molecule has 7 nitrogen and oxygen atoms in total. The Bertz CT molecular complexity index is 1600. The van der Waals surface area contributed by atoms with Crippen molar-refractivity contribution in [3.8, 4) is 5.75 Å². The number of imide groups is 2. The highest BCUT2D eigenvalue weighted by molar-refractivity contribution is 6.39. The molecule has 0 radical (unpaired) electrons. The Kier molecular flexibility index (Phi) is 7.41. The fraction of sp³-hybridized carbons (Fsp3) is 0.156. The first-order valence-corrected chi connectivity index (χ1v) is 12.9. The number of nitrogens with zero attached hydrogens (tertiary/aromatic N) is 2. The average molecular weight is 520 g/mol. The maximum atomic E-state index is 13.4. The average Bonchev–Trinajstić information content (AvgIpc) is 3.29. The van der Waals surface area contributed by atoms with Gasteiger partial charge in [0.15, 0.2) is 0 Å². The molecule has 0 unspecified atom stereocenters. The summed E-state index contributed by atoms with van der Waals surface area (Å²) in [7, 11) is 0. The number of carbonyl (C=O) groups excluding carboxylic acids is 3. The molecule has 0 spiro atoms. The summed E-state index contributed by atoms with van der Waals surface area (Å²) in [4.78, 5) is 39.8. The summed E-state index contributed by atoms with van der Waals surface area (Å²) in [6, 6.07) is 22.0. The van der Waals surface area contributed by atoms with E-state index in [9.17, 15) is 14.4 Å². The van der Waals surface area contributed by atoms with Crippen molar-refractivity contribution in [1.82, 2.24) is 9.88 Å². The maximum absolute atomic E-state index is 13.4. The molecule has 0 saturated carbocycles. The van der Waals surface area contributed by atoms with E-state index in [-0.39, 0.29) is 5.57 Å². The number of fused-ring (bicyclic) bond motifs is 1. The van der Waals surface area contributed by atoms with E-state index in [0.29, 0.717) is 24.4 Å². The first kappa shape index (κ1) is 25.7. The number of aromatic nitrogens is 1. The van der Waals surface area contributed by atoms with E-state index < -0.39 is 17.8 Å². The lowest BCUT2D eigenvalue weighted by atomic mass is 10.1. The lowest BCUT2D eigenvalue weighted by Crippen LogP contribution is -2.54. The van der Waals surface area contributed by atoms with Crippen molar-refractivity contribution < 1.29 is 19.1 Å². The number of hydrogen-bond acceptors (Lipinski definition) is 4. The Balaban J connectivity index is 1.43. The summed E-state index contributed by atoms with van der Waals surface area (Å²) in [5, 5.41) is 3.19. The highest BCUT2D eigenvalue weighted by atomic mass is 16.5. The van der Waals surface area contributed by atoms with Crippen LogP contribution in [-0.2, 0) is 29.0 Å². The fourth-order valence-corrected chi connectivity index (χ4v) is 4.73. The van der Waals surface area contributed by atoms with Crippen LogP contribution in [0.15, 0.2) is 97.2 Å². The van der Waals surface area contributed by atoms with Gasteiger partial charge < -0.3 is 9.30 Å². The van der Waals surface area contributed by atoms with Crippen LogP contribution in [0.4, 0.5) is 10.5 Å². The van der Waals surface area contributed by atoms with Crippen LogP contribution in [0.1, 0.15) is 23.6 Å². The Labute approximate surface area is 227 Å². The Morgan fingerprint density at radius 1 is 0.949 bits per heavy atom. The van der Waals surface area contributed by atoms with Gasteiger partial charge in [-0.05, 0) is 54.3 Å². The van der Waals surface area contributed by atoms with E-state index in [1.54, 1.807) is 18.2 Å². The molecule has 39 heavy (non-hydrogen) atoms. The first-order chi connectivity index (χ1) is 19.0. The molecule has 1 aliphatic rings. The molecule has 4 amide bonds. The van der Waals surface area contributed by atoms with E-state index in [4.69, 9.17) is 4.74 Å². The van der Waals surface area contributed by atoms with E-state index in [0.717, 1.165) is 45.5 Å². The SMILES string of the molecule is C=CCc1ccccc1OCCn1cc(C=C2C(=O)NC(=O)N(c3ccc(CC)cc3)C2=O)c2ccccc21. The Morgan fingerprint density at radius 2 is 1.69 bits per heavy atom. The first-order valence-electron chi connectivity index (χ1n) is 12.9. The molecule has 2 heterocycles. The van der Waals surface area contributed by atoms with Crippen LogP contribution in [0.25, 0.3) is 17.0 Å². The predicted octanol–water partition coefficient (Wildman–Crippen LogP) is 5.68. The van der Waals surface area contributed by atoms with Crippen LogP contribution in [0, 0.1) is 0 Å². The van der Waals surface area contributed by atoms with Gasteiger partial charge in [-0.2, -0.15) is 0 Å². The lowest BCUT2D eigenvalue weighted by molar-refractivity contribution is -0.122. The van der Waals surface area contributed by atoms with Gasteiger partial charge in [0.25, 0.3) is 11.8 Å². The van der Waals surface area contributed by atoms with Gasteiger partial charge in [0.05, 0.1) is 12.2 Å². The van der Waals surface area contributed by atoms with Crippen LogP contribution in [0.2, 0.25) is 0 Å². The Morgan fingerprint density at radius 3 is 2.46 bits per heavy atom. The zero-order chi connectivity index (χ0) is 27.4. The third-order valence-corrected chi connectivity index (χ3v) is 6.75. The third kappa shape index (κ3) is 5.25. The predicted molar refractivity (Wildman–Crippen MR) is 153 cm³/mol. The fourth-order valence-electron chi connectivity index (χ4n) is 4.73. The molecule has 1 fully saturated rings. The molecule has 7 heteroatoms. The summed E-state index contributed by atoms with van der Waals surface area (Å²) in [5.74, 6) is -0.560. The topological polar surface area (TPSA) is 80.6 Å². The number of hydrogen-bond donors (Lipinski definition) is 1. The van der Waals surface area contributed by atoms with Crippen LogP contribution < -0.4 is 15.0 Å². The molecule has 1 saturated heterocycles. The number of para-hydroxylation sites is 2. The summed E-state index contributed by atoms with van der Waals surface area (Å²) < 4.78 is 8.12. The summed E-state index contributed by atoms with van der Waals surface area (Å²) in [6.07, 6.45) is 6.85. The summed E-state index contributed by atoms with van der Waals surface area (Å²) in [6.45, 7) is 6.82. The van der Waals surface area contributed by atoms with Crippen molar-refractivity contribution in [3.05, 3.63) is 114 Å². The Hall–Kier alpha value is -4.91. The zero-order valence-electron chi connectivity index (χ0n) is 21.7. The normalized spacial score (nSPS) is 14.6. The molecular weight excluding hydrogens is 490 g/mol. The highest BCUT2D eigenvalue weighted by Gasteiger charge is 2.37. The smallest absolute Gasteiger partial charge is 0.335 e. The molecule has 1 aromatic heterocycles. The lowest BCUT2D eigenvalue weighted by Gasteiger charge is -2.26. The van der Waals surface area contributed by atoms with Crippen LogP contribution in [0.3, 0.4) is 0 Å². The molecule has 4 aromatic rings. The molecule has 1 N–H and O–H groups in total. The van der Waals surface area contributed by atoms with Gasteiger partial charge in [0.2, 0.25) is 0 Å². The van der Waals surface area contributed by atoms with Gasteiger partial charge in [-0.15, -0.1) is 6.58 Å². The number of urea groups is 1. The molecule has 196 valence electrons. The second-order valence-corrected chi connectivity index (χ2v) is 9.22. The molecule has 0 atom stereocenters. The van der Waals surface area contributed by atoms with Crippen molar-refractivity contribution in [1.29, 1.82) is 0 Å². The molecule has 0 bridgehead atoms. The van der Waals surface area contributed by atoms with E-state index in [1.165, 1.54) is 0 Å². The third-order valence-electron chi connectivity index (χ3n) is 6.75. The number of carbonyl (C=O) groups is 3.